The lowest BCUT2D eigenvalue weighted by atomic mass is 10.2. The van der Waals surface area contributed by atoms with Crippen LogP contribution < -0.4 is 10.5 Å². The van der Waals surface area contributed by atoms with Crippen molar-refractivity contribution in [1.82, 2.24) is 4.98 Å². The van der Waals surface area contributed by atoms with E-state index in [1.165, 1.54) is 0 Å². The summed E-state index contributed by atoms with van der Waals surface area (Å²) in [5, 5.41) is 0. The fourth-order valence-electron chi connectivity index (χ4n) is 1.25. The predicted molar refractivity (Wildman–Crippen MR) is 57.4 cm³/mol. The molecule has 0 spiro atoms. The van der Waals surface area contributed by atoms with E-state index in [0.717, 1.165) is 24.3 Å². The Kier molecular flexibility index (Phi) is 4.40. The molecule has 3 nitrogen and oxygen atoms in total. The Bertz CT molecular complexity index is 258. The molecule has 0 bridgehead atoms. The minimum atomic E-state index is 0.213. The van der Waals surface area contributed by atoms with Gasteiger partial charge in [-0.1, -0.05) is 6.92 Å². The van der Waals surface area contributed by atoms with Crippen LogP contribution in [0.3, 0.4) is 0 Å². The van der Waals surface area contributed by atoms with Gasteiger partial charge in [0.05, 0.1) is 12.3 Å². The van der Waals surface area contributed by atoms with Crippen molar-refractivity contribution in [3.05, 3.63) is 24.0 Å². The normalized spacial score (nSPS) is 12.5. The Morgan fingerprint density at radius 2 is 2.29 bits per heavy atom. The summed E-state index contributed by atoms with van der Waals surface area (Å²) >= 11 is 0. The number of aryl methyl sites for hydroxylation is 1. The smallest absolute Gasteiger partial charge is 0.138 e. The molecule has 1 aromatic heterocycles. The highest BCUT2D eigenvalue weighted by molar-refractivity contribution is 5.19. The summed E-state index contributed by atoms with van der Waals surface area (Å²) < 4.78 is 5.72. The van der Waals surface area contributed by atoms with E-state index in [0.29, 0.717) is 6.54 Å². The van der Waals surface area contributed by atoms with Crippen molar-refractivity contribution in [1.29, 1.82) is 0 Å². The largest absolute Gasteiger partial charge is 0.489 e. The molecule has 0 aliphatic rings. The molecule has 0 amide bonds. The van der Waals surface area contributed by atoms with Crippen LogP contribution in [0.2, 0.25) is 0 Å². The molecule has 0 radical (unpaired) electrons. The van der Waals surface area contributed by atoms with E-state index in [4.69, 9.17) is 10.5 Å². The van der Waals surface area contributed by atoms with E-state index in [9.17, 15) is 0 Å². The van der Waals surface area contributed by atoms with Gasteiger partial charge in [-0.25, -0.2) is 0 Å². The molecule has 14 heavy (non-hydrogen) atoms. The third kappa shape index (κ3) is 3.34. The van der Waals surface area contributed by atoms with Crippen LogP contribution in [-0.4, -0.2) is 17.6 Å². The molecule has 0 aliphatic heterocycles. The van der Waals surface area contributed by atoms with Gasteiger partial charge < -0.3 is 10.5 Å². The number of ether oxygens (including phenoxy) is 1. The quantitative estimate of drug-likeness (QED) is 0.778. The summed E-state index contributed by atoms with van der Waals surface area (Å²) in [4.78, 5) is 4.17. The molecule has 0 saturated heterocycles. The number of hydrogen-bond donors (Lipinski definition) is 1. The Hall–Kier alpha value is -1.09. The lowest BCUT2D eigenvalue weighted by Gasteiger charge is -2.16. The number of hydrogen-bond acceptors (Lipinski definition) is 3. The molecule has 1 heterocycles. The minimum Gasteiger partial charge on any atom is -0.489 e. The van der Waals surface area contributed by atoms with E-state index < -0.39 is 0 Å². The first-order valence-electron chi connectivity index (χ1n) is 5.05. The Labute approximate surface area is 85.3 Å². The van der Waals surface area contributed by atoms with Crippen molar-refractivity contribution in [2.75, 3.05) is 6.54 Å². The minimum absolute atomic E-state index is 0.213. The molecule has 1 atom stereocenters. The van der Waals surface area contributed by atoms with Crippen LogP contribution in [0.5, 0.6) is 5.75 Å². The Morgan fingerprint density at radius 1 is 1.50 bits per heavy atom. The van der Waals surface area contributed by atoms with Crippen LogP contribution in [0.15, 0.2) is 18.3 Å². The first-order valence-corrected chi connectivity index (χ1v) is 5.05. The maximum atomic E-state index is 5.72. The van der Waals surface area contributed by atoms with E-state index in [-0.39, 0.29) is 6.10 Å². The van der Waals surface area contributed by atoms with Crippen LogP contribution in [0.4, 0.5) is 0 Å². The van der Waals surface area contributed by atoms with Gasteiger partial charge in [0.1, 0.15) is 5.75 Å². The van der Waals surface area contributed by atoms with Crippen LogP contribution in [0.1, 0.15) is 25.5 Å². The Balaban J connectivity index is 2.53. The third-order valence-corrected chi connectivity index (χ3v) is 2.13. The van der Waals surface area contributed by atoms with Gasteiger partial charge in [-0.2, -0.15) is 0 Å². The van der Waals surface area contributed by atoms with E-state index in [1.807, 2.05) is 19.1 Å². The van der Waals surface area contributed by atoms with Gasteiger partial charge in [0.2, 0.25) is 0 Å². The monoisotopic (exact) mass is 194 g/mol. The predicted octanol–water partition coefficient (Wildman–Crippen LogP) is 1.90. The standard InChI is InChI=1S/C11H18N2O/c1-3-10(6-7-12)14-11-5-4-9(2)13-8-11/h4-5,8,10H,3,6-7,12H2,1-2H3. The maximum Gasteiger partial charge on any atom is 0.138 e. The van der Waals surface area contributed by atoms with Crippen LogP contribution in [0.25, 0.3) is 0 Å². The second-order valence-corrected chi connectivity index (χ2v) is 3.36. The molecule has 78 valence electrons. The van der Waals surface area contributed by atoms with Crippen LogP contribution in [-0.2, 0) is 0 Å². The number of nitrogens with zero attached hydrogens (tertiary/aromatic N) is 1. The van der Waals surface area contributed by atoms with Crippen molar-refractivity contribution in [2.24, 2.45) is 5.73 Å². The summed E-state index contributed by atoms with van der Waals surface area (Å²) in [6.45, 7) is 4.72. The van der Waals surface area contributed by atoms with Crippen molar-refractivity contribution < 1.29 is 4.74 Å². The zero-order chi connectivity index (χ0) is 10.4. The molecular weight excluding hydrogens is 176 g/mol. The summed E-state index contributed by atoms with van der Waals surface area (Å²) in [5.74, 6) is 0.830. The lowest BCUT2D eigenvalue weighted by Crippen LogP contribution is -2.19. The average Bonchev–Trinajstić information content (AvgIpc) is 2.20. The summed E-state index contributed by atoms with van der Waals surface area (Å²) in [6.07, 6.45) is 3.84. The zero-order valence-corrected chi connectivity index (χ0v) is 8.86. The van der Waals surface area contributed by atoms with Gasteiger partial charge in [0.25, 0.3) is 0 Å². The van der Waals surface area contributed by atoms with Crippen LogP contribution >= 0.6 is 0 Å². The topological polar surface area (TPSA) is 48.1 Å². The first-order chi connectivity index (χ1) is 6.76. The first kappa shape index (κ1) is 11.0. The molecule has 3 heteroatoms. The third-order valence-electron chi connectivity index (χ3n) is 2.13. The number of nitrogens with two attached hydrogens (primary N) is 1. The van der Waals surface area contributed by atoms with Gasteiger partial charge in [0, 0.05) is 5.69 Å². The number of rotatable bonds is 5. The molecular formula is C11H18N2O. The summed E-state index contributed by atoms with van der Waals surface area (Å²) in [5.41, 5.74) is 6.49. The molecule has 1 rings (SSSR count). The van der Waals surface area contributed by atoms with Gasteiger partial charge in [0.15, 0.2) is 0 Å². The van der Waals surface area contributed by atoms with E-state index in [1.54, 1.807) is 6.20 Å². The Morgan fingerprint density at radius 3 is 2.79 bits per heavy atom. The lowest BCUT2D eigenvalue weighted by molar-refractivity contribution is 0.189. The molecule has 0 fully saturated rings. The van der Waals surface area contributed by atoms with Crippen molar-refractivity contribution in [3.63, 3.8) is 0 Å². The van der Waals surface area contributed by atoms with Gasteiger partial charge in [-0.3, -0.25) is 4.98 Å². The molecule has 1 aromatic rings. The number of pyridine rings is 1. The van der Waals surface area contributed by atoms with Gasteiger partial charge in [-0.05, 0) is 38.4 Å². The van der Waals surface area contributed by atoms with Crippen molar-refractivity contribution >= 4 is 0 Å². The van der Waals surface area contributed by atoms with Crippen LogP contribution in [0, 0.1) is 6.92 Å². The molecule has 0 aliphatic carbocycles. The molecule has 0 saturated carbocycles. The second kappa shape index (κ2) is 5.60. The fraction of sp³-hybridized carbons (Fsp3) is 0.545. The second-order valence-electron chi connectivity index (χ2n) is 3.36. The highest BCUT2D eigenvalue weighted by Gasteiger charge is 2.06. The average molecular weight is 194 g/mol. The molecule has 0 aromatic carbocycles. The summed E-state index contributed by atoms with van der Waals surface area (Å²) in [6, 6.07) is 3.89. The summed E-state index contributed by atoms with van der Waals surface area (Å²) in [7, 11) is 0. The SMILES string of the molecule is CCC(CCN)Oc1ccc(C)nc1. The highest BCUT2D eigenvalue weighted by atomic mass is 16.5. The van der Waals surface area contributed by atoms with E-state index in [2.05, 4.69) is 11.9 Å². The molecule has 1 unspecified atom stereocenters. The fourth-order valence-corrected chi connectivity index (χ4v) is 1.25. The van der Waals surface area contributed by atoms with Crippen molar-refractivity contribution in [2.45, 2.75) is 32.8 Å². The van der Waals surface area contributed by atoms with Gasteiger partial charge >= 0.3 is 0 Å². The molecule has 2 N–H and O–H groups in total. The number of aromatic nitrogens is 1. The van der Waals surface area contributed by atoms with E-state index >= 15 is 0 Å². The van der Waals surface area contributed by atoms with Gasteiger partial charge in [-0.15, -0.1) is 0 Å². The highest BCUT2D eigenvalue weighted by Crippen LogP contribution is 2.13. The zero-order valence-electron chi connectivity index (χ0n) is 8.86. The van der Waals surface area contributed by atoms with Crippen molar-refractivity contribution in [3.8, 4) is 5.75 Å². The maximum absolute atomic E-state index is 5.72.